The summed E-state index contributed by atoms with van der Waals surface area (Å²) in [5.41, 5.74) is 1.21. The summed E-state index contributed by atoms with van der Waals surface area (Å²) < 4.78 is 16.0. The van der Waals surface area contributed by atoms with Gasteiger partial charge in [0, 0.05) is 5.57 Å². The molecule has 1 aromatic rings. The number of carboxylic acids is 1. The van der Waals surface area contributed by atoms with Crippen molar-refractivity contribution in [3.63, 3.8) is 0 Å². The third-order valence-electron chi connectivity index (χ3n) is 2.56. The molecular formula is C14H18O5. The summed E-state index contributed by atoms with van der Waals surface area (Å²) in [6.07, 6.45) is 1.49. The van der Waals surface area contributed by atoms with Crippen LogP contribution in [0.5, 0.6) is 17.2 Å². The van der Waals surface area contributed by atoms with Gasteiger partial charge in [0.25, 0.3) is 0 Å². The predicted molar refractivity (Wildman–Crippen MR) is 71.2 cm³/mol. The number of hydrogen-bond donors (Lipinski definition) is 1. The maximum absolute atomic E-state index is 10.7. The number of hydrogen-bond acceptors (Lipinski definition) is 4. The summed E-state index contributed by atoms with van der Waals surface area (Å²) in [5.74, 6) is 0.605. The number of aryl methyl sites for hydroxylation is 1. The number of ether oxygens (including phenoxy) is 3. The summed E-state index contributed by atoms with van der Waals surface area (Å²) in [4.78, 5) is 10.7. The molecule has 0 fully saturated rings. The first-order chi connectivity index (χ1) is 8.99. The summed E-state index contributed by atoms with van der Waals surface area (Å²) in [5, 5.41) is 8.74. The quantitative estimate of drug-likeness (QED) is 0.801. The Hall–Kier alpha value is -2.17. The van der Waals surface area contributed by atoms with Gasteiger partial charge in [-0.3, -0.25) is 0 Å². The van der Waals surface area contributed by atoms with Crippen molar-refractivity contribution >= 4 is 5.97 Å². The Bertz CT molecular complexity index is 466. The summed E-state index contributed by atoms with van der Waals surface area (Å²) >= 11 is 0. The highest BCUT2D eigenvalue weighted by Crippen LogP contribution is 2.38. The molecule has 0 heterocycles. The van der Waals surface area contributed by atoms with Crippen LogP contribution >= 0.6 is 0 Å². The van der Waals surface area contributed by atoms with E-state index in [-0.39, 0.29) is 12.2 Å². The molecule has 0 amide bonds. The monoisotopic (exact) mass is 266 g/mol. The van der Waals surface area contributed by atoms with Crippen molar-refractivity contribution in [3.05, 3.63) is 29.3 Å². The largest absolute Gasteiger partial charge is 0.493 e. The molecule has 1 N–H and O–H groups in total. The molecule has 0 unspecified atom stereocenters. The maximum Gasteiger partial charge on any atom is 0.331 e. The van der Waals surface area contributed by atoms with Crippen molar-refractivity contribution < 1.29 is 24.1 Å². The van der Waals surface area contributed by atoms with Crippen LogP contribution in [0.1, 0.15) is 12.5 Å². The Labute approximate surface area is 112 Å². The molecule has 19 heavy (non-hydrogen) atoms. The third-order valence-corrected chi connectivity index (χ3v) is 2.56. The second-order valence-corrected chi connectivity index (χ2v) is 4.00. The van der Waals surface area contributed by atoms with Crippen LogP contribution in [0.2, 0.25) is 0 Å². The van der Waals surface area contributed by atoms with Crippen molar-refractivity contribution in [2.24, 2.45) is 0 Å². The minimum atomic E-state index is -0.966. The lowest BCUT2D eigenvalue weighted by atomic mass is 10.2. The van der Waals surface area contributed by atoms with E-state index < -0.39 is 5.97 Å². The molecule has 0 aliphatic carbocycles. The molecule has 5 heteroatoms. The highest BCUT2D eigenvalue weighted by Gasteiger charge is 2.12. The van der Waals surface area contributed by atoms with Crippen molar-refractivity contribution in [2.75, 3.05) is 20.8 Å². The SMILES string of the molecule is COc1cc(C)cc(OC)c1OCC=C(C)C(=O)O. The van der Waals surface area contributed by atoms with Crippen LogP contribution in [0.15, 0.2) is 23.8 Å². The van der Waals surface area contributed by atoms with Gasteiger partial charge in [0.05, 0.1) is 14.2 Å². The van der Waals surface area contributed by atoms with Crippen LogP contribution in [-0.2, 0) is 4.79 Å². The zero-order chi connectivity index (χ0) is 14.4. The molecule has 0 saturated carbocycles. The van der Waals surface area contributed by atoms with Crippen molar-refractivity contribution in [1.29, 1.82) is 0 Å². The average molecular weight is 266 g/mol. The molecule has 1 aromatic carbocycles. The molecule has 0 aliphatic rings. The van der Waals surface area contributed by atoms with Gasteiger partial charge >= 0.3 is 5.97 Å². The number of carboxylic acid groups (broad SMARTS) is 1. The molecule has 0 spiro atoms. The Morgan fingerprint density at radius 2 is 1.79 bits per heavy atom. The highest BCUT2D eigenvalue weighted by atomic mass is 16.5. The van der Waals surface area contributed by atoms with Gasteiger partial charge in [0.1, 0.15) is 6.61 Å². The first-order valence-corrected chi connectivity index (χ1v) is 5.75. The smallest absolute Gasteiger partial charge is 0.331 e. The van der Waals surface area contributed by atoms with E-state index in [9.17, 15) is 4.79 Å². The van der Waals surface area contributed by atoms with Gasteiger partial charge < -0.3 is 19.3 Å². The zero-order valence-corrected chi connectivity index (χ0v) is 11.5. The highest BCUT2D eigenvalue weighted by molar-refractivity contribution is 5.85. The van der Waals surface area contributed by atoms with Crippen molar-refractivity contribution in [2.45, 2.75) is 13.8 Å². The normalized spacial score (nSPS) is 11.1. The van der Waals surface area contributed by atoms with Gasteiger partial charge in [-0.2, -0.15) is 0 Å². The van der Waals surface area contributed by atoms with Gasteiger partial charge in [-0.15, -0.1) is 0 Å². The number of rotatable bonds is 6. The molecule has 5 nitrogen and oxygen atoms in total. The molecule has 0 radical (unpaired) electrons. The van der Waals surface area contributed by atoms with Gasteiger partial charge in [0.15, 0.2) is 11.5 Å². The summed E-state index contributed by atoms with van der Waals surface area (Å²) in [6, 6.07) is 3.65. The lowest BCUT2D eigenvalue weighted by Crippen LogP contribution is -2.03. The van der Waals surface area contributed by atoms with Crippen molar-refractivity contribution in [1.82, 2.24) is 0 Å². The third kappa shape index (κ3) is 3.91. The molecular weight excluding hydrogens is 248 g/mol. The van der Waals surface area contributed by atoms with E-state index in [0.29, 0.717) is 17.2 Å². The first-order valence-electron chi connectivity index (χ1n) is 5.75. The number of benzene rings is 1. The van der Waals surface area contributed by atoms with E-state index in [1.54, 1.807) is 14.2 Å². The molecule has 0 aromatic heterocycles. The average Bonchev–Trinajstić information content (AvgIpc) is 2.39. The predicted octanol–water partition coefficient (Wildman–Crippen LogP) is 2.42. The van der Waals surface area contributed by atoms with E-state index in [1.165, 1.54) is 13.0 Å². The van der Waals surface area contributed by atoms with Gasteiger partial charge in [-0.05, 0) is 37.6 Å². The fraction of sp³-hybridized carbons (Fsp3) is 0.357. The van der Waals surface area contributed by atoms with E-state index in [4.69, 9.17) is 19.3 Å². The van der Waals surface area contributed by atoms with E-state index in [1.807, 2.05) is 19.1 Å². The Balaban J connectivity index is 2.93. The number of carbonyl (C=O) groups is 1. The van der Waals surface area contributed by atoms with Gasteiger partial charge in [0.2, 0.25) is 5.75 Å². The Kier molecular flexibility index (Phi) is 5.23. The molecule has 104 valence electrons. The minimum absolute atomic E-state index is 0.133. The molecule has 0 atom stereocenters. The van der Waals surface area contributed by atoms with E-state index in [2.05, 4.69) is 0 Å². The standard InChI is InChI=1S/C14H18O5/c1-9-7-11(17-3)13(12(8-9)18-4)19-6-5-10(2)14(15)16/h5,7-8H,6H2,1-4H3,(H,15,16). The second kappa shape index (κ2) is 6.68. The van der Waals surface area contributed by atoms with Crippen molar-refractivity contribution in [3.8, 4) is 17.2 Å². The van der Waals surface area contributed by atoms with Crippen LogP contribution in [-0.4, -0.2) is 31.9 Å². The van der Waals surface area contributed by atoms with Crippen LogP contribution in [0.4, 0.5) is 0 Å². The lowest BCUT2D eigenvalue weighted by Gasteiger charge is -2.14. The van der Waals surface area contributed by atoms with Crippen LogP contribution in [0, 0.1) is 6.92 Å². The molecule has 0 bridgehead atoms. The first kappa shape index (κ1) is 14.9. The molecule has 0 aliphatic heterocycles. The second-order valence-electron chi connectivity index (χ2n) is 4.00. The number of aliphatic carboxylic acids is 1. The maximum atomic E-state index is 10.7. The summed E-state index contributed by atoms with van der Waals surface area (Å²) in [7, 11) is 3.08. The topological polar surface area (TPSA) is 65.0 Å². The van der Waals surface area contributed by atoms with Gasteiger partial charge in [-0.25, -0.2) is 4.79 Å². The fourth-order valence-electron chi connectivity index (χ4n) is 1.49. The fourth-order valence-corrected chi connectivity index (χ4v) is 1.49. The van der Waals surface area contributed by atoms with Crippen LogP contribution in [0.25, 0.3) is 0 Å². The van der Waals surface area contributed by atoms with Crippen LogP contribution in [0.3, 0.4) is 0 Å². The van der Waals surface area contributed by atoms with E-state index in [0.717, 1.165) is 5.56 Å². The molecule has 1 rings (SSSR count). The van der Waals surface area contributed by atoms with Gasteiger partial charge in [-0.1, -0.05) is 0 Å². The minimum Gasteiger partial charge on any atom is -0.493 e. The van der Waals surface area contributed by atoms with Crippen LogP contribution < -0.4 is 14.2 Å². The van der Waals surface area contributed by atoms with E-state index >= 15 is 0 Å². The Morgan fingerprint density at radius 1 is 1.26 bits per heavy atom. The lowest BCUT2D eigenvalue weighted by molar-refractivity contribution is -0.132. The Morgan fingerprint density at radius 3 is 2.21 bits per heavy atom. The number of methoxy groups -OCH3 is 2. The zero-order valence-electron chi connectivity index (χ0n) is 11.5. The summed E-state index contributed by atoms with van der Waals surface area (Å²) in [6.45, 7) is 3.56. The molecule has 0 saturated heterocycles.